The number of hydrogen-bond donors (Lipinski definition) is 3. The minimum absolute atomic E-state index is 0.107. The van der Waals surface area contributed by atoms with E-state index in [0.29, 0.717) is 25.7 Å². The Bertz CT molecular complexity index is 1720. The van der Waals surface area contributed by atoms with Crippen LogP contribution < -0.4 is 0 Å². The van der Waals surface area contributed by atoms with E-state index in [1.54, 1.807) is 0 Å². The third-order valence-corrected chi connectivity index (χ3v) is 18.2. The van der Waals surface area contributed by atoms with Gasteiger partial charge >= 0.3 is 39.5 Å². The van der Waals surface area contributed by atoms with Crippen LogP contribution in [0, 0.1) is 11.8 Å². The van der Waals surface area contributed by atoms with E-state index in [9.17, 15) is 43.2 Å². The van der Waals surface area contributed by atoms with Crippen molar-refractivity contribution in [3.8, 4) is 0 Å². The Morgan fingerprint density at radius 3 is 0.864 bits per heavy atom. The molecule has 0 saturated heterocycles. The molecule has 88 heavy (non-hydrogen) atoms. The summed E-state index contributed by atoms with van der Waals surface area (Å²) in [7, 11) is -9.89. The van der Waals surface area contributed by atoms with Gasteiger partial charge in [0.1, 0.15) is 19.3 Å². The van der Waals surface area contributed by atoms with Crippen molar-refractivity contribution < 1.29 is 80.2 Å². The Hall–Kier alpha value is -1.94. The van der Waals surface area contributed by atoms with Gasteiger partial charge in [0.25, 0.3) is 0 Å². The van der Waals surface area contributed by atoms with Crippen molar-refractivity contribution in [2.75, 3.05) is 39.6 Å². The van der Waals surface area contributed by atoms with Gasteiger partial charge in [0.2, 0.25) is 0 Å². The maximum absolute atomic E-state index is 13.0. The number of esters is 4. The first kappa shape index (κ1) is 86.1. The Kier molecular flexibility index (Phi) is 59.9. The highest BCUT2D eigenvalue weighted by Crippen LogP contribution is 2.45. The van der Waals surface area contributed by atoms with Gasteiger partial charge in [-0.15, -0.1) is 0 Å². The summed E-state index contributed by atoms with van der Waals surface area (Å²) in [6, 6.07) is 0. The molecule has 17 nitrogen and oxygen atoms in total. The monoisotopic (exact) mass is 1300 g/mol. The van der Waals surface area contributed by atoms with Gasteiger partial charge in [-0.1, -0.05) is 298 Å². The smallest absolute Gasteiger partial charge is 0.462 e. The van der Waals surface area contributed by atoms with Crippen LogP contribution in [-0.4, -0.2) is 96.7 Å². The Morgan fingerprint density at radius 2 is 0.580 bits per heavy atom. The molecule has 0 aliphatic rings. The molecule has 0 radical (unpaired) electrons. The van der Waals surface area contributed by atoms with Crippen LogP contribution in [0.2, 0.25) is 0 Å². The summed E-state index contributed by atoms with van der Waals surface area (Å²) >= 11 is 0. The van der Waals surface area contributed by atoms with E-state index >= 15 is 0 Å². The van der Waals surface area contributed by atoms with E-state index in [0.717, 1.165) is 108 Å². The zero-order valence-electron chi connectivity index (χ0n) is 57.0. The predicted molar refractivity (Wildman–Crippen MR) is 354 cm³/mol. The summed E-state index contributed by atoms with van der Waals surface area (Å²) in [6.45, 7) is 9.54. The number of phosphoric acid groups is 2. The number of rotatable bonds is 68. The molecule has 0 aromatic carbocycles. The zero-order chi connectivity index (χ0) is 65.0. The quantitative estimate of drug-likeness (QED) is 0.0222. The fraction of sp³-hybridized carbons (Fsp3) is 0.942. The normalized spacial score (nSPS) is 14.5. The topological polar surface area (TPSA) is 237 Å². The molecule has 0 saturated carbocycles. The molecule has 3 N–H and O–H groups in total. The molecule has 19 heteroatoms. The summed E-state index contributed by atoms with van der Waals surface area (Å²) in [5, 5.41) is 10.6. The van der Waals surface area contributed by atoms with Crippen LogP contribution in [0.1, 0.15) is 350 Å². The van der Waals surface area contributed by atoms with Crippen molar-refractivity contribution in [2.24, 2.45) is 11.8 Å². The van der Waals surface area contributed by atoms with E-state index in [1.807, 2.05) is 0 Å². The number of hydrogen-bond acceptors (Lipinski definition) is 15. The number of carbonyl (C=O) groups is 4. The average molecular weight is 1300 g/mol. The molecule has 0 aromatic heterocycles. The van der Waals surface area contributed by atoms with Gasteiger partial charge in [0, 0.05) is 25.7 Å². The van der Waals surface area contributed by atoms with Crippen molar-refractivity contribution >= 4 is 39.5 Å². The van der Waals surface area contributed by atoms with Crippen molar-refractivity contribution in [2.45, 2.75) is 368 Å². The molecule has 0 aromatic rings. The lowest BCUT2D eigenvalue weighted by Gasteiger charge is -2.21. The van der Waals surface area contributed by atoms with Gasteiger partial charge in [0.05, 0.1) is 26.4 Å². The molecular weight excluding hydrogens is 1160 g/mol. The summed E-state index contributed by atoms with van der Waals surface area (Å²) in [4.78, 5) is 72.4. The van der Waals surface area contributed by atoms with Crippen LogP contribution in [0.15, 0.2) is 0 Å². The van der Waals surface area contributed by atoms with Crippen LogP contribution >= 0.6 is 15.6 Å². The van der Waals surface area contributed by atoms with Gasteiger partial charge in [-0.05, 0) is 37.5 Å². The molecular formula is C69H134O17P2. The molecule has 0 spiro atoms. The lowest BCUT2D eigenvalue weighted by Crippen LogP contribution is -2.30. The van der Waals surface area contributed by atoms with Crippen LogP contribution in [0.3, 0.4) is 0 Å². The average Bonchev–Trinajstić information content (AvgIpc) is 3.53. The molecule has 522 valence electrons. The highest BCUT2D eigenvalue weighted by molar-refractivity contribution is 7.47. The molecule has 0 fully saturated rings. The minimum atomic E-state index is -4.95. The molecule has 3 unspecified atom stereocenters. The molecule has 0 aliphatic carbocycles. The van der Waals surface area contributed by atoms with E-state index in [-0.39, 0.29) is 25.7 Å². The fourth-order valence-electron chi connectivity index (χ4n) is 10.4. The number of phosphoric ester groups is 2. The first-order chi connectivity index (χ1) is 42.4. The maximum Gasteiger partial charge on any atom is 0.472 e. The first-order valence-electron chi connectivity index (χ1n) is 36.0. The number of carbonyl (C=O) groups excluding carboxylic acids is 4. The second kappa shape index (κ2) is 61.3. The van der Waals surface area contributed by atoms with E-state index in [4.69, 9.17) is 37.0 Å². The lowest BCUT2D eigenvalue weighted by atomic mass is 9.99. The minimum Gasteiger partial charge on any atom is -0.462 e. The van der Waals surface area contributed by atoms with Crippen LogP contribution in [-0.2, 0) is 65.4 Å². The molecule has 0 amide bonds. The largest absolute Gasteiger partial charge is 0.472 e. The third-order valence-electron chi connectivity index (χ3n) is 16.3. The Labute approximate surface area is 537 Å². The fourth-order valence-corrected chi connectivity index (χ4v) is 12.0. The number of aliphatic hydroxyl groups is 1. The predicted octanol–water partition coefficient (Wildman–Crippen LogP) is 19.6. The first-order valence-corrected chi connectivity index (χ1v) is 39.0. The number of ether oxygens (including phenoxy) is 4. The highest BCUT2D eigenvalue weighted by Gasteiger charge is 2.30. The summed E-state index contributed by atoms with van der Waals surface area (Å²) in [6.07, 6.45) is 45.7. The maximum atomic E-state index is 13.0. The summed E-state index contributed by atoms with van der Waals surface area (Å²) < 4.78 is 68.2. The third kappa shape index (κ3) is 61.6. The summed E-state index contributed by atoms with van der Waals surface area (Å²) in [5.74, 6) is -0.555. The van der Waals surface area contributed by atoms with Crippen LogP contribution in [0.25, 0.3) is 0 Å². The summed E-state index contributed by atoms with van der Waals surface area (Å²) in [5.41, 5.74) is 0. The molecule has 0 aliphatic heterocycles. The van der Waals surface area contributed by atoms with Crippen molar-refractivity contribution in [1.29, 1.82) is 0 Å². The van der Waals surface area contributed by atoms with E-state index in [1.165, 1.54) is 161 Å². The molecule has 0 heterocycles. The zero-order valence-corrected chi connectivity index (χ0v) is 58.8. The second-order valence-corrected chi connectivity index (χ2v) is 28.5. The molecule has 6 atom stereocenters. The van der Waals surface area contributed by atoms with Gasteiger partial charge in [0.15, 0.2) is 12.2 Å². The SMILES string of the molecule is CCCCCCCCCCCCCC(=O)O[C@H](COC(=O)CCCCCCCCCC)COP(=O)(O)OC[C@H](O)COP(=O)(O)OC[C@@H](COC(=O)CCCCCCCCCCC(C)CC)OC(=O)CCCCCCCCCCCCCCCCC(C)C. The number of unbranched alkanes of at least 4 members (excludes halogenated alkanes) is 37. The molecule has 0 bridgehead atoms. The lowest BCUT2D eigenvalue weighted by molar-refractivity contribution is -0.161. The second-order valence-electron chi connectivity index (χ2n) is 25.6. The highest BCUT2D eigenvalue weighted by atomic mass is 31.2. The standard InChI is InChI=1S/C69H134O17P2/c1-7-10-12-14-16-18-23-27-35-41-47-53-68(73)85-64(57-79-66(71)51-45-39-33-17-15-13-11-8-2)59-83-87(75,76)81-55-63(70)56-82-88(77,78)84-60-65(58-80-67(72)52-46-40-34-30-29-32-38-44-50-62(6)9-3)86-69(74)54-48-42-36-28-25-22-20-19-21-24-26-31-37-43-49-61(4)5/h61-65,70H,7-60H2,1-6H3,(H,75,76)(H,77,78)/t62?,63-,64+,65+/m0/s1. The van der Waals surface area contributed by atoms with E-state index < -0.39 is 97.5 Å². The van der Waals surface area contributed by atoms with Gasteiger partial charge in [-0.3, -0.25) is 37.3 Å². The molecule has 0 rings (SSSR count). The van der Waals surface area contributed by atoms with Crippen LogP contribution in [0.5, 0.6) is 0 Å². The Balaban J connectivity index is 5.22. The van der Waals surface area contributed by atoms with Crippen molar-refractivity contribution in [1.82, 2.24) is 0 Å². The Morgan fingerprint density at radius 1 is 0.330 bits per heavy atom. The van der Waals surface area contributed by atoms with Crippen molar-refractivity contribution in [3.05, 3.63) is 0 Å². The van der Waals surface area contributed by atoms with Crippen molar-refractivity contribution in [3.63, 3.8) is 0 Å². The van der Waals surface area contributed by atoms with Gasteiger partial charge in [-0.2, -0.15) is 0 Å². The van der Waals surface area contributed by atoms with E-state index in [2.05, 4.69) is 41.5 Å². The van der Waals surface area contributed by atoms with Gasteiger partial charge < -0.3 is 33.8 Å². The number of aliphatic hydroxyl groups excluding tert-OH is 1. The van der Waals surface area contributed by atoms with Crippen LogP contribution in [0.4, 0.5) is 0 Å². The van der Waals surface area contributed by atoms with Gasteiger partial charge in [-0.25, -0.2) is 9.13 Å².